The molecule has 4 unspecified atom stereocenters. The maximum absolute atomic E-state index is 5.97. The lowest BCUT2D eigenvalue weighted by Crippen LogP contribution is -2.33. The predicted molar refractivity (Wildman–Crippen MR) is 78.1 cm³/mol. The van der Waals surface area contributed by atoms with Crippen molar-refractivity contribution in [3.63, 3.8) is 0 Å². The summed E-state index contributed by atoms with van der Waals surface area (Å²) in [5.41, 5.74) is 0. The zero-order valence-electron chi connectivity index (χ0n) is 12.3. The minimum Gasteiger partial charge on any atom is -0.464 e. The second-order valence-corrected chi connectivity index (χ2v) is 6.73. The molecule has 2 heteroatoms. The number of hydrogen-bond acceptors (Lipinski definition) is 2. The molecule has 1 N–H and O–H groups in total. The van der Waals surface area contributed by atoms with Crippen LogP contribution in [0.1, 0.15) is 69.8 Å². The fourth-order valence-electron chi connectivity index (χ4n) is 3.44. The van der Waals surface area contributed by atoms with E-state index in [0.717, 1.165) is 24.1 Å². The van der Waals surface area contributed by atoms with E-state index in [9.17, 15) is 0 Å². The summed E-state index contributed by atoms with van der Waals surface area (Å²) in [7, 11) is 0. The molecule has 0 saturated heterocycles. The fourth-order valence-corrected chi connectivity index (χ4v) is 3.44. The van der Waals surface area contributed by atoms with Crippen molar-refractivity contribution in [2.75, 3.05) is 0 Å². The summed E-state index contributed by atoms with van der Waals surface area (Å²) in [4.78, 5) is 0. The summed E-state index contributed by atoms with van der Waals surface area (Å²) in [5, 5.41) is 3.72. The molecule has 4 atom stereocenters. The summed E-state index contributed by atoms with van der Waals surface area (Å²) in [6.07, 6.45) is 8.21. The lowest BCUT2D eigenvalue weighted by Gasteiger charge is -2.22. The number of nitrogens with one attached hydrogen (secondary N) is 1. The summed E-state index contributed by atoms with van der Waals surface area (Å²) >= 11 is 0. The summed E-state index contributed by atoms with van der Waals surface area (Å²) < 4.78 is 5.97. The summed E-state index contributed by atoms with van der Waals surface area (Å²) in [5.74, 6) is 4.66. The van der Waals surface area contributed by atoms with Crippen molar-refractivity contribution in [1.29, 1.82) is 0 Å². The normalized spacial score (nSPS) is 35.1. The molecule has 0 bridgehead atoms. The Morgan fingerprint density at radius 2 is 1.89 bits per heavy atom. The van der Waals surface area contributed by atoms with Crippen molar-refractivity contribution in [3.8, 4) is 0 Å². The van der Waals surface area contributed by atoms with Gasteiger partial charge in [-0.25, -0.2) is 0 Å². The van der Waals surface area contributed by atoms with E-state index in [0.29, 0.717) is 12.0 Å². The summed E-state index contributed by atoms with van der Waals surface area (Å²) in [6.45, 7) is 5.59. The Balaban J connectivity index is 1.52. The van der Waals surface area contributed by atoms with Gasteiger partial charge in [-0.05, 0) is 43.2 Å². The largest absolute Gasteiger partial charge is 0.464 e. The molecule has 0 spiro atoms. The van der Waals surface area contributed by atoms with Gasteiger partial charge in [0.05, 0.1) is 6.54 Å². The first-order chi connectivity index (χ1) is 9.24. The van der Waals surface area contributed by atoms with Crippen LogP contribution in [0.4, 0.5) is 0 Å². The molecule has 0 aliphatic heterocycles. The SMILES string of the molecule is CC1CCCCCC1NCc1ccc(C2CC2C)o1. The molecular formula is C17H27NO. The van der Waals surface area contributed by atoms with E-state index in [-0.39, 0.29) is 0 Å². The van der Waals surface area contributed by atoms with Gasteiger partial charge in [-0.2, -0.15) is 0 Å². The first kappa shape index (κ1) is 13.2. The molecular weight excluding hydrogens is 234 g/mol. The van der Waals surface area contributed by atoms with Crippen LogP contribution >= 0.6 is 0 Å². The Morgan fingerprint density at radius 1 is 1.11 bits per heavy atom. The zero-order chi connectivity index (χ0) is 13.2. The van der Waals surface area contributed by atoms with E-state index in [4.69, 9.17) is 4.42 Å². The molecule has 1 aromatic heterocycles. The smallest absolute Gasteiger partial charge is 0.117 e. The third-order valence-electron chi connectivity index (χ3n) is 5.06. The minimum atomic E-state index is 0.677. The molecule has 3 rings (SSSR count). The van der Waals surface area contributed by atoms with Crippen LogP contribution in [-0.4, -0.2) is 6.04 Å². The topological polar surface area (TPSA) is 25.2 Å². The van der Waals surface area contributed by atoms with E-state index < -0.39 is 0 Å². The molecule has 2 fully saturated rings. The Hall–Kier alpha value is -0.760. The number of hydrogen-bond donors (Lipinski definition) is 1. The van der Waals surface area contributed by atoms with Crippen molar-refractivity contribution in [3.05, 3.63) is 23.7 Å². The second kappa shape index (κ2) is 5.70. The molecule has 19 heavy (non-hydrogen) atoms. The van der Waals surface area contributed by atoms with Crippen molar-refractivity contribution in [2.45, 2.75) is 70.9 Å². The van der Waals surface area contributed by atoms with Crippen molar-refractivity contribution in [1.82, 2.24) is 5.32 Å². The van der Waals surface area contributed by atoms with Crippen LogP contribution < -0.4 is 5.32 Å². The van der Waals surface area contributed by atoms with Gasteiger partial charge in [-0.3, -0.25) is 0 Å². The Bertz CT molecular complexity index is 411. The number of furan rings is 1. The highest BCUT2D eigenvalue weighted by Crippen LogP contribution is 2.47. The molecule has 2 aliphatic rings. The van der Waals surface area contributed by atoms with E-state index in [1.54, 1.807) is 0 Å². The van der Waals surface area contributed by atoms with E-state index in [1.165, 1.54) is 44.3 Å². The second-order valence-electron chi connectivity index (χ2n) is 6.73. The van der Waals surface area contributed by atoms with Crippen molar-refractivity contribution >= 4 is 0 Å². The van der Waals surface area contributed by atoms with Crippen LogP contribution in [0.3, 0.4) is 0 Å². The average Bonchev–Trinajstić information content (AvgIpc) is 3.00. The van der Waals surface area contributed by atoms with Gasteiger partial charge in [-0.1, -0.05) is 33.1 Å². The van der Waals surface area contributed by atoms with E-state index in [1.807, 2.05) is 0 Å². The third-order valence-corrected chi connectivity index (χ3v) is 5.06. The number of rotatable bonds is 4. The quantitative estimate of drug-likeness (QED) is 0.809. The molecule has 2 saturated carbocycles. The van der Waals surface area contributed by atoms with Crippen LogP contribution in [0, 0.1) is 11.8 Å². The van der Waals surface area contributed by atoms with Gasteiger partial charge in [0, 0.05) is 12.0 Å². The predicted octanol–water partition coefficient (Wildman–Crippen LogP) is 4.46. The summed E-state index contributed by atoms with van der Waals surface area (Å²) in [6, 6.07) is 5.02. The first-order valence-corrected chi connectivity index (χ1v) is 8.06. The monoisotopic (exact) mass is 261 g/mol. The molecule has 0 radical (unpaired) electrons. The highest BCUT2D eigenvalue weighted by Gasteiger charge is 2.36. The van der Waals surface area contributed by atoms with Crippen molar-refractivity contribution < 1.29 is 4.42 Å². The molecule has 2 aliphatic carbocycles. The van der Waals surface area contributed by atoms with Crippen LogP contribution in [0.25, 0.3) is 0 Å². The molecule has 1 heterocycles. The van der Waals surface area contributed by atoms with Gasteiger partial charge in [0.15, 0.2) is 0 Å². The molecule has 0 aromatic carbocycles. The molecule has 0 amide bonds. The van der Waals surface area contributed by atoms with E-state index >= 15 is 0 Å². The Labute approximate surface area is 117 Å². The minimum absolute atomic E-state index is 0.677. The highest BCUT2D eigenvalue weighted by molar-refractivity contribution is 5.17. The Morgan fingerprint density at radius 3 is 2.68 bits per heavy atom. The standard InChI is InChI=1S/C17H27NO/c1-12-6-4-3-5-7-16(12)18-11-14-8-9-17(19-14)15-10-13(15)2/h8-9,12-13,15-16,18H,3-7,10-11H2,1-2H3. The van der Waals surface area contributed by atoms with Gasteiger partial charge in [0.1, 0.15) is 11.5 Å². The lowest BCUT2D eigenvalue weighted by molar-refractivity contribution is 0.338. The molecule has 2 nitrogen and oxygen atoms in total. The van der Waals surface area contributed by atoms with Gasteiger partial charge in [0.25, 0.3) is 0 Å². The fraction of sp³-hybridized carbons (Fsp3) is 0.765. The maximum Gasteiger partial charge on any atom is 0.117 e. The Kier molecular flexibility index (Phi) is 3.97. The zero-order valence-corrected chi connectivity index (χ0v) is 12.3. The average molecular weight is 261 g/mol. The van der Waals surface area contributed by atoms with Gasteiger partial charge >= 0.3 is 0 Å². The first-order valence-electron chi connectivity index (χ1n) is 8.06. The lowest BCUT2D eigenvalue weighted by atomic mass is 9.97. The van der Waals surface area contributed by atoms with Crippen LogP contribution in [-0.2, 0) is 6.54 Å². The van der Waals surface area contributed by atoms with E-state index in [2.05, 4.69) is 31.3 Å². The van der Waals surface area contributed by atoms with Crippen LogP contribution in [0.2, 0.25) is 0 Å². The van der Waals surface area contributed by atoms with Gasteiger partial charge in [0.2, 0.25) is 0 Å². The van der Waals surface area contributed by atoms with Gasteiger partial charge < -0.3 is 9.73 Å². The van der Waals surface area contributed by atoms with Crippen molar-refractivity contribution in [2.24, 2.45) is 11.8 Å². The highest BCUT2D eigenvalue weighted by atomic mass is 16.3. The maximum atomic E-state index is 5.97. The third kappa shape index (κ3) is 3.22. The van der Waals surface area contributed by atoms with Gasteiger partial charge in [-0.15, -0.1) is 0 Å². The molecule has 106 valence electrons. The van der Waals surface area contributed by atoms with Crippen LogP contribution in [0.15, 0.2) is 16.5 Å². The van der Waals surface area contributed by atoms with Crippen LogP contribution in [0.5, 0.6) is 0 Å². The molecule has 1 aromatic rings.